The molecule has 1 aromatic heterocycles. The molecular weight excluding hydrogens is 216 g/mol. The molecule has 0 saturated carbocycles. The molecule has 6 heteroatoms. The van der Waals surface area contributed by atoms with E-state index in [2.05, 4.69) is 10.1 Å². The molecule has 82 valence electrons. The molecule has 0 aromatic carbocycles. The van der Waals surface area contributed by atoms with E-state index in [0.29, 0.717) is 15.4 Å². The van der Waals surface area contributed by atoms with E-state index in [0.717, 1.165) is 11.3 Å². The van der Waals surface area contributed by atoms with Crippen molar-refractivity contribution in [3.05, 3.63) is 16.0 Å². The van der Waals surface area contributed by atoms with Crippen molar-refractivity contribution >= 4 is 28.2 Å². The van der Waals surface area contributed by atoms with E-state index in [1.54, 1.807) is 6.92 Å². The Morgan fingerprint density at radius 1 is 1.47 bits per heavy atom. The molecule has 0 radical (unpaired) electrons. The fraction of sp³-hybridized carbons (Fsp3) is 0.333. The number of nitrogens with one attached hydrogen (secondary N) is 1. The summed E-state index contributed by atoms with van der Waals surface area (Å²) in [5.41, 5.74) is 6.49. The Labute approximate surface area is 91.2 Å². The summed E-state index contributed by atoms with van der Waals surface area (Å²) in [6.07, 6.45) is 0. The number of rotatable bonds is 2. The Bertz CT molecular complexity index is 412. The lowest BCUT2D eigenvalue weighted by Crippen LogP contribution is -2.17. The third kappa shape index (κ3) is 1.94. The van der Waals surface area contributed by atoms with Crippen LogP contribution in [0.15, 0.2) is 0 Å². The molecule has 0 bridgehead atoms. The van der Waals surface area contributed by atoms with Crippen LogP contribution in [0.4, 0.5) is 5.00 Å². The monoisotopic (exact) mass is 228 g/mol. The lowest BCUT2D eigenvalue weighted by Gasteiger charge is -2.00. The van der Waals surface area contributed by atoms with Gasteiger partial charge in [0.15, 0.2) is 0 Å². The Kier molecular flexibility index (Phi) is 3.31. The minimum absolute atomic E-state index is 0.251. The van der Waals surface area contributed by atoms with E-state index in [-0.39, 0.29) is 11.5 Å². The molecule has 5 nitrogen and oxygen atoms in total. The van der Waals surface area contributed by atoms with Crippen LogP contribution in [0.25, 0.3) is 0 Å². The van der Waals surface area contributed by atoms with Crippen molar-refractivity contribution in [3.63, 3.8) is 0 Å². The highest BCUT2D eigenvalue weighted by atomic mass is 32.1. The predicted molar refractivity (Wildman–Crippen MR) is 58.2 cm³/mol. The highest BCUT2D eigenvalue weighted by Gasteiger charge is 2.22. The summed E-state index contributed by atoms with van der Waals surface area (Å²) < 4.78 is 4.58. The molecule has 0 unspecified atom stereocenters. The number of methoxy groups -OCH3 is 1. The summed E-state index contributed by atoms with van der Waals surface area (Å²) in [6.45, 7) is 1.67. The van der Waals surface area contributed by atoms with Gasteiger partial charge in [-0.1, -0.05) is 0 Å². The first-order valence-electron chi connectivity index (χ1n) is 4.22. The van der Waals surface area contributed by atoms with Crippen molar-refractivity contribution in [2.24, 2.45) is 0 Å². The summed E-state index contributed by atoms with van der Waals surface area (Å²) in [5, 5.41) is 2.79. The maximum Gasteiger partial charge on any atom is 0.341 e. The third-order valence-corrected chi connectivity index (χ3v) is 3.12. The van der Waals surface area contributed by atoms with E-state index in [1.165, 1.54) is 14.2 Å². The molecule has 3 N–H and O–H groups in total. The molecule has 0 spiro atoms. The zero-order valence-electron chi connectivity index (χ0n) is 8.71. The second-order valence-electron chi connectivity index (χ2n) is 2.87. The Morgan fingerprint density at radius 2 is 2.07 bits per heavy atom. The van der Waals surface area contributed by atoms with Crippen LogP contribution >= 0.6 is 11.3 Å². The highest BCUT2D eigenvalue weighted by molar-refractivity contribution is 7.18. The van der Waals surface area contributed by atoms with Crippen LogP contribution in [0.1, 0.15) is 25.6 Å². The average Bonchev–Trinajstić information content (AvgIpc) is 2.52. The summed E-state index contributed by atoms with van der Waals surface area (Å²) in [6, 6.07) is 0. The normalized spacial score (nSPS) is 9.80. The van der Waals surface area contributed by atoms with Crippen LogP contribution in [0.2, 0.25) is 0 Å². The SMILES string of the molecule is CNC(=O)c1sc(N)c(C(=O)OC)c1C. The summed E-state index contributed by atoms with van der Waals surface area (Å²) in [5.74, 6) is -0.768. The second kappa shape index (κ2) is 4.31. The standard InChI is InChI=1S/C9H12N2O3S/c1-4-5(9(13)14-3)7(10)15-6(4)8(12)11-2/h10H2,1-3H3,(H,11,12). The van der Waals surface area contributed by atoms with Gasteiger partial charge in [0, 0.05) is 7.05 Å². The number of thiophene rings is 1. The first-order valence-corrected chi connectivity index (χ1v) is 5.03. The molecule has 1 heterocycles. The summed E-state index contributed by atoms with van der Waals surface area (Å²) in [4.78, 5) is 23.2. The van der Waals surface area contributed by atoms with E-state index in [9.17, 15) is 9.59 Å². The largest absolute Gasteiger partial charge is 0.465 e. The van der Waals surface area contributed by atoms with Crippen LogP contribution in [0, 0.1) is 6.92 Å². The van der Waals surface area contributed by atoms with Crippen molar-refractivity contribution in [2.45, 2.75) is 6.92 Å². The van der Waals surface area contributed by atoms with Crippen molar-refractivity contribution < 1.29 is 14.3 Å². The van der Waals surface area contributed by atoms with Gasteiger partial charge in [0.2, 0.25) is 0 Å². The van der Waals surface area contributed by atoms with Gasteiger partial charge in [0.05, 0.1) is 17.6 Å². The van der Waals surface area contributed by atoms with Gasteiger partial charge in [0.25, 0.3) is 5.91 Å². The highest BCUT2D eigenvalue weighted by Crippen LogP contribution is 2.30. The van der Waals surface area contributed by atoms with Crippen LogP contribution in [-0.2, 0) is 4.74 Å². The lowest BCUT2D eigenvalue weighted by atomic mass is 10.1. The van der Waals surface area contributed by atoms with Gasteiger partial charge in [-0.3, -0.25) is 4.79 Å². The van der Waals surface area contributed by atoms with Crippen molar-refractivity contribution in [1.82, 2.24) is 5.32 Å². The van der Waals surface area contributed by atoms with Gasteiger partial charge < -0.3 is 15.8 Å². The lowest BCUT2D eigenvalue weighted by molar-refractivity contribution is 0.0601. The molecule has 0 atom stereocenters. The minimum Gasteiger partial charge on any atom is -0.465 e. The molecular formula is C9H12N2O3S. The number of carbonyl (C=O) groups is 2. The minimum atomic E-state index is -0.517. The zero-order chi connectivity index (χ0) is 11.6. The van der Waals surface area contributed by atoms with Crippen LogP contribution < -0.4 is 11.1 Å². The third-order valence-electron chi connectivity index (χ3n) is 2.00. The number of anilines is 1. The molecule has 0 aliphatic carbocycles. The Balaban J connectivity index is 3.26. The molecule has 1 aromatic rings. The van der Waals surface area contributed by atoms with Gasteiger partial charge in [-0.05, 0) is 12.5 Å². The summed E-state index contributed by atoms with van der Waals surface area (Å²) in [7, 11) is 2.80. The molecule has 15 heavy (non-hydrogen) atoms. The van der Waals surface area contributed by atoms with E-state index < -0.39 is 5.97 Å². The Hall–Kier alpha value is -1.56. The van der Waals surface area contributed by atoms with Crippen molar-refractivity contribution in [1.29, 1.82) is 0 Å². The topological polar surface area (TPSA) is 81.4 Å². The van der Waals surface area contributed by atoms with E-state index in [4.69, 9.17) is 5.73 Å². The van der Waals surface area contributed by atoms with Crippen LogP contribution in [-0.4, -0.2) is 26.0 Å². The van der Waals surface area contributed by atoms with Crippen molar-refractivity contribution in [3.8, 4) is 0 Å². The van der Waals surface area contributed by atoms with E-state index >= 15 is 0 Å². The van der Waals surface area contributed by atoms with Crippen LogP contribution in [0.5, 0.6) is 0 Å². The fourth-order valence-electron chi connectivity index (χ4n) is 1.22. The number of hydrogen-bond acceptors (Lipinski definition) is 5. The summed E-state index contributed by atoms with van der Waals surface area (Å²) >= 11 is 1.08. The molecule has 0 aliphatic rings. The predicted octanol–water partition coefficient (Wildman–Crippen LogP) is 0.785. The molecule has 1 amide bonds. The van der Waals surface area contributed by atoms with Gasteiger partial charge in [0.1, 0.15) is 5.00 Å². The number of esters is 1. The molecule has 1 rings (SSSR count). The first-order chi connectivity index (χ1) is 7.02. The maximum absolute atomic E-state index is 11.4. The number of amides is 1. The number of hydrogen-bond donors (Lipinski definition) is 2. The van der Waals surface area contributed by atoms with Gasteiger partial charge >= 0.3 is 5.97 Å². The Morgan fingerprint density at radius 3 is 2.53 bits per heavy atom. The first kappa shape index (κ1) is 11.5. The molecule has 0 fully saturated rings. The molecule has 0 saturated heterocycles. The van der Waals surface area contributed by atoms with Gasteiger partial charge in [-0.2, -0.15) is 0 Å². The zero-order valence-corrected chi connectivity index (χ0v) is 9.53. The maximum atomic E-state index is 11.4. The van der Waals surface area contributed by atoms with Crippen LogP contribution in [0.3, 0.4) is 0 Å². The second-order valence-corrected chi connectivity index (χ2v) is 3.92. The number of carbonyl (C=O) groups excluding carboxylic acids is 2. The van der Waals surface area contributed by atoms with Gasteiger partial charge in [-0.15, -0.1) is 11.3 Å². The number of nitrogen functional groups attached to an aromatic ring is 1. The quantitative estimate of drug-likeness (QED) is 0.733. The van der Waals surface area contributed by atoms with E-state index in [1.807, 2.05) is 0 Å². The average molecular weight is 228 g/mol. The number of nitrogens with two attached hydrogens (primary N) is 1. The van der Waals surface area contributed by atoms with Gasteiger partial charge in [-0.25, -0.2) is 4.79 Å². The van der Waals surface area contributed by atoms with Crippen molar-refractivity contribution in [2.75, 3.05) is 19.9 Å². The molecule has 0 aliphatic heterocycles. The smallest absolute Gasteiger partial charge is 0.341 e. The fourth-order valence-corrected chi connectivity index (χ4v) is 2.23. The number of ether oxygens (including phenoxy) is 1.